The van der Waals surface area contributed by atoms with E-state index in [1.807, 2.05) is 72.7 Å². The van der Waals surface area contributed by atoms with Gasteiger partial charge in [-0.25, -0.2) is 4.79 Å². The highest BCUT2D eigenvalue weighted by molar-refractivity contribution is 6.56. The lowest BCUT2D eigenvalue weighted by Gasteiger charge is -2.32. The van der Waals surface area contributed by atoms with Gasteiger partial charge in [0, 0.05) is 18.7 Å². The van der Waals surface area contributed by atoms with Crippen LogP contribution in [0.3, 0.4) is 0 Å². The Morgan fingerprint density at radius 2 is 1.87 bits per heavy atom. The van der Waals surface area contributed by atoms with Gasteiger partial charge in [0.2, 0.25) is 0 Å². The largest absolute Gasteiger partial charge is 0.492 e. The van der Waals surface area contributed by atoms with Crippen molar-refractivity contribution in [2.75, 3.05) is 6.54 Å². The number of benzene rings is 1. The molecule has 0 saturated carbocycles. The number of fused-ring (bicyclic) bond motifs is 1. The van der Waals surface area contributed by atoms with Crippen molar-refractivity contribution in [2.24, 2.45) is 0 Å². The number of hydrogen-bond donors (Lipinski definition) is 2. The van der Waals surface area contributed by atoms with Crippen LogP contribution in [0.15, 0.2) is 23.7 Å². The average molecular weight is 414 g/mol. The summed E-state index contributed by atoms with van der Waals surface area (Å²) in [7, 11) is -0.632. The molecular weight excluding hydrogens is 383 g/mol. The first-order chi connectivity index (χ1) is 13.8. The molecule has 1 fully saturated rings. The number of amides is 2. The van der Waals surface area contributed by atoms with Gasteiger partial charge in [0.25, 0.3) is 5.91 Å². The smallest absolute Gasteiger partial charge is 0.444 e. The van der Waals surface area contributed by atoms with Crippen LogP contribution in [0.2, 0.25) is 0 Å². The minimum absolute atomic E-state index is 0.0793. The standard InChI is InChI=1S/C22H31BN2O5/c1-20(2,3)28-19(27)25-13-16(23-29-21(4,5)22(6,7)30-23)10-14-8-9-15-12-24-18(26)17(15)11-14/h8-11H,12-13H2,1-7H3,(H,24,26)(H,25,27). The normalized spacial score (nSPS) is 20.0. The van der Waals surface area contributed by atoms with E-state index in [2.05, 4.69) is 10.6 Å². The second-order valence-electron chi connectivity index (χ2n) is 9.76. The Morgan fingerprint density at radius 3 is 2.47 bits per heavy atom. The molecule has 2 heterocycles. The number of carbonyl (C=O) groups excluding carboxylic acids is 2. The van der Waals surface area contributed by atoms with Gasteiger partial charge in [-0.2, -0.15) is 0 Å². The van der Waals surface area contributed by atoms with Crippen molar-refractivity contribution < 1.29 is 23.6 Å². The van der Waals surface area contributed by atoms with Crippen LogP contribution in [0.5, 0.6) is 0 Å². The van der Waals surface area contributed by atoms with Gasteiger partial charge in [-0.1, -0.05) is 18.2 Å². The summed E-state index contributed by atoms with van der Waals surface area (Å²) in [5.74, 6) is -0.0793. The molecule has 3 rings (SSSR count). The topological polar surface area (TPSA) is 85.9 Å². The maximum atomic E-state index is 12.2. The van der Waals surface area contributed by atoms with E-state index in [4.69, 9.17) is 14.0 Å². The van der Waals surface area contributed by atoms with Crippen LogP contribution in [0, 0.1) is 0 Å². The highest BCUT2D eigenvalue weighted by Crippen LogP contribution is 2.38. The molecule has 30 heavy (non-hydrogen) atoms. The third kappa shape index (κ3) is 4.87. The second-order valence-corrected chi connectivity index (χ2v) is 9.76. The van der Waals surface area contributed by atoms with E-state index in [1.54, 1.807) is 0 Å². The molecular formula is C22H31BN2O5. The summed E-state index contributed by atoms with van der Waals surface area (Å²) in [5.41, 5.74) is 1.59. The maximum absolute atomic E-state index is 12.2. The van der Waals surface area contributed by atoms with Gasteiger partial charge in [0.15, 0.2) is 0 Å². The van der Waals surface area contributed by atoms with Gasteiger partial charge in [-0.3, -0.25) is 4.79 Å². The van der Waals surface area contributed by atoms with E-state index < -0.39 is 30.0 Å². The number of hydrogen-bond acceptors (Lipinski definition) is 5. The van der Waals surface area contributed by atoms with E-state index in [-0.39, 0.29) is 12.5 Å². The highest BCUT2D eigenvalue weighted by atomic mass is 16.7. The first-order valence-corrected chi connectivity index (χ1v) is 10.2. The van der Waals surface area contributed by atoms with Crippen molar-refractivity contribution in [3.8, 4) is 0 Å². The number of nitrogens with one attached hydrogen (secondary N) is 2. The third-order valence-corrected chi connectivity index (χ3v) is 5.56. The van der Waals surface area contributed by atoms with Gasteiger partial charge in [-0.05, 0) is 71.1 Å². The SMILES string of the molecule is CC(C)(C)OC(=O)NCC(=Cc1ccc2c(c1)C(=O)NC2)B1OC(C)(C)C(C)(C)O1. The minimum atomic E-state index is -0.632. The molecule has 0 unspecified atom stereocenters. The Kier molecular flexibility index (Phi) is 5.77. The molecule has 2 N–H and O–H groups in total. The zero-order chi connectivity index (χ0) is 22.3. The molecule has 0 bridgehead atoms. The third-order valence-electron chi connectivity index (χ3n) is 5.56. The van der Waals surface area contributed by atoms with Crippen LogP contribution < -0.4 is 10.6 Å². The molecule has 0 aliphatic carbocycles. The summed E-state index contributed by atoms with van der Waals surface area (Å²) in [5, 5.41) is 5.60. The molecule has 1 aromatic rings. The summed E-state index contributed by atoms with van der Waals surface area (Å²) >= 11 is 0. The molecule has 2 amide bonds. The van der Waals surface area contributed by atoms with Gasteiger partial charge < -0.3 is 24.7 Å². The van der Waals surface area contributed by atoms with Gasteiger partial charge in [-0.15, -0.1) is 0 Å². The predicted octanol–water partition coefficient (Wildman–Crippen LogP) is 3.47. The fraction of sp³-hybridized carbons (Fsp3) is 0.545. The minimum Gasteiger partial charge on any atom is -0.444 e. The lowest BCUT2D eigenvalue weighted by Crippen LogP contribution is -2.41. The first-order valence-electron chi connectivity index (χ1n) is 10.2. The molecule has 0 spiro atoms. The quantitative estimate of drug-likeness (QED) is 0.737. The Labute approximate surface area is 178 Å². The van der Waals surface area contributed by atoms with Crippen molar-refractivity contribution in [1.82, 2.24) is 10.6 Å². The maximum Gasteiger partial charge on any atom is 0.492 e. The molecule has 2 aliphatic heterocycles. The summed E-state index contributed by atoms with van der Waals surface area (Å²) in [6.45, 7) is 14.1. The molecule has 1 aromatic carbocycles. The Hall–Kier alpha value is -2.32. The predicted molar refractivity (Wildman–Crippen MR) is 116 cm³/mol. The monoisotopic (exact) mass is 414 g/mol. The van der Waals surface area contributed by atoms with E-state index in [1.165, 1.54) is 0 Å². The Morgan fingerprint density at radius 1 is 1.23 bits per heavy atom. The van der Waals surface area contributed by atoms with Crippen LogP contribution in [0.1, 0.15) is 70.0 Å². The molecule has 0 radical (unpaired) electrons. The van der Waals surface area contributed by atoms with Crippen molar-refractivity contribution in [1.29, 1.82) is 0 Å². The van der Waals surface area contributed by atoms with Crippen molar-refractivity contribution in [3.63, 3.8) is 0 Å². The molecule has 7 nitrogen and oxygen atoms in total. The van der Waals surface area contributed by atoms with Crippen LogP contribution in [-0.4, -0.2) is 42.5 Å². The zero-order valence-electron chi connectivity index (χ0n) is 18.8. The van der Waals surface area contributed by atoms with Crippen LogP contribution in [0.25, 0.3) is 6.08 Å². The molecule has 162 valence electrons. The first kappa shape index (κ1) is 22.4. The van der Waals surface area contributed by atoms with Crippen LogP contribution in [0.4, 0.5) is 4.79 Å². The van der Waals surface area contributed by atoms with Crippen LogP contribution in [-0.2, 0) is 20.6 Å². The summed E-state index contributed by atoms with van der Waals surface area (Å²) in [6, 6.07) is 5.72. The number of ether oxygens (including phenoxy) is 1. The second kappa shape index (κ2) is 7.74. The summed E-state index contributed by atoms with van der Waals surface area (Å²) in [6.07, 6.45) is 1.38. The summed E-state index contributed by atoms with van der Waals surface area (Å²) in [4.78, 5) is 24.2. The molecule has 0 atom stereocenters. The molecule has 1 saturated heterocycles. The summed E-state index contributed by atoms with van der Waals surface area (Å²) < 4.78 is 17.7. The molecule has 2 aliphatic rings. The van der Waals surface area contributed by atoms with Crippen molar-refractivity contribution in [3.05, 3.63) is 40.4 Å². The Balaban J connectivity index is 1.86. The van der Waals surface area contributed by atoms with Gasteiger partial charge in [0.1, 0.15) is 5.60 Å². The van der Waals surface area contributed by atoms with Gasteiger partial charge >= 0.3 is 13.2 Å². The van der Waals surface area contributed by atoms with Gasteiger partial charge in [0.05, 0.1) is 11.2 Å². The zero-order valence-corrected chi connectivity index (χ0v) is 18.8. The molecule has 0 aromatic heterocycles. The lowest BCUT2D eigenvalue weighted by atomic mass is 9.77. The van der Waals surface area contributed by atoms with E-state index in [0.717, 1.165) is 16.6 Å². The van der Waals surface area contributed by atoms with E-state index in [0.29, 0.717) is 12.1 Å². The fourth-order valence-corrected chi connectivity index (χ4v) is 3.22. The van der Waals surface area contributed by atoms with Crippen molar-refractivity contribution in [2.45, 2.75) is 71.8 Å². The fourth-order valence-electron chi connectivity index (χ4n) is 3.22. The van der Waals surface area contributed by atoms with Crippen LogP contribution >= 0.6 is 0 Å². The highest BCUT2D eigenvalue weighted by Gasteiger charge is 2.52. The number of alkyl carbamates (subject to hydrolysis) is 1. The average Bonchev–Trinajstić information content (AvgIpc) is 3.06. The van der Waals surface area contributed by atoms with Crippen molar-refractivity contribution >= 4 is 25.2 Å². The number of carbonyl (C=O) groups is 2. The molecule has 8 heteroatoms. The Bertz CT molecular complexity index is 870. The van der Waals surface area contributed by atoms with E-state index >= 15 is 0 Å². The lowest BCUT2D eigenvalue weighted by molar-refractivity contribution is 0.00578. The van der Waals surface area contributed by atoms with E-state index in [9.17, 15) is 9.59 Å². The number of rotatable bonds is 4.